The van der Waals surface area contributed by atoms with Crippen molar-refractivity contribution < 1.29 is 18.3 Å². The average Bonchev–Trinajstić information content (AvgIpc) is 2.27. The monoisotopic (exact) mass is 228 g/mol. The van der Waals surface area contributed by atoms with Gasteiger partial charge in [-0.2, -0.15) is 0 Å². The largest absolute Gasteiger partial charge is 0.462 e. The van der Waals surface area contributed by atoms with Crippen molar-refractivity contribution in [2.45, 2.75) is 26.2 Å². The van der Waals surface area contributed by atoms with Crippen LogP contribution in [0.4, 0.5) is 8.78 Å². The van der Waals surface area contributed by atoms with Crippen LogP contribution in [0.5, 0.6) is 0 Å². The Kier molecular flexibility index (Phi) is 4.89. The van der Waals surface area contributed by atoms with Gasteiger partial charge in [0, 0.05) is 0 Å². The number of halogens is 2. The van der Waals surface area contributed by atoms with Gasteiger partial charge in [0.15, 0.2) is 0 Å². The number of esters is 1. The summed E-state index contributed by atoms with van der Waals surface area (Å²) in [6.07, 6.45) is 2.68. The summed E-state index contributed by atoms with van der Waals surface area (Å²) in [5, 5.41) is 0. The summed E-state index contributed by atoms with van der Waals surface area (Å²) in [5.74, 6) is -2.23. The molecule has 0 N–H and O–H groups in total. The first kappa shape index (κ1) is 12.6. The highest BCUT2D eigenvalue weighted by molar-refractivity contribution is 5.89. The van der Waals surface area contributed by atoms with E-state index in [1.54, 1.807) is 0 Å². The lowest BCUT2D eigenvalue weighted by Crippen LogP contribution is -2.09. The number of carbonyl (C=O) groups excluding carboxylic acids is 1. The Morgan fingerprint density at radius 3 is 2.75 bits per heavy atom. The third-order valence-electron chi connectivity index (χ3n) is 2.13. The smallest absolute Gasteiger partial charge is 0.341 e. The van der Waals surface area contributed by atoms with E-state index in [0.29, 0.717) is 0 Å². The molecule has 0 aliphatic rings. The van der Waals surface area contributed by atoms with Crippen molar-refractivity contribution in [2.75, 3.05) is 6.61 Å². The van der Waals surface area contributed by atoms with Crippen molar-refractivity contribution >= 4 is 5.97 Å². The van der Waals surface area contributed by atoms with Crippen LogP contribution in [-0.4, -0.2) is 12.6 Å². The number of ether oxygens (including phenoxy) is 1. The van der Waals surface area contributed by atoms with Crippen molar-refractivity contribution in [3.05, 3.63) is 35.4 Å². The standard InChI is InChI=1S/C12H14F2O2/c1-2-3-4-7-16-12(15)10-8-9(13)5-6-11(10)14/h5-6,8H,2-4,7H2,1H3. The molecule has 16 heavy (non-hydrogen) atoms. The van der Waals surface area contributed by atoms with Crippen LogP contribution in [0, 0.1) is 11.6 Å². The van der Waals surface area contributed by atoms with Crippen LogP contribution >= 0.6 is 0 Å². The maximum atomic E-state index is 13.1. The Bertz CT molecular complexity index is 364. The molecule has 1 aromatic carbocycles. The molecule has 4 heteroatoms. The molecule has 0 aromatic heterocycles. The fraction of sp³-hybridized carbons (Fsp3) is 0.417. The normalized spacial score (nSPS) is 10.2. The van der Waals surface area contributed by atoms with Crippen LogP contribution in [0.15, 0.2) is 18.2 Å². The number of hydrogen-bond donors (Lipinski definition) is 0. The molecule has 0 saturated carbocycles. The summed E-state index contributed by atoms with van der Waals surface area (Å²) in [6.45, 7) is 2.26. The van der Waals surface area contributed by atoms with Crippen LogP contribution in [0.3, 0.4) is 0 Å². The minimum absolute atomic E-state index is 0.239. The first-order valence-electron chi connectivity index (χ1n) is 5.27. The first-order chi connectivity index (χ1) is 7.65. The van der Waals surface area contributed by atoms with E-state index >= 15 is 0 Å². The van der Waals surface area contributed by atoms with Gasteiger partial charge in [-0.15, -0.1) is 0 Å². The highest BCUT2D eigenvalue weighted by atomic mass is 19.1. The number of benzene rings is 1. The number of unbranched alkanes of at least 4 members (excludes halogenated alkanes) is 2. The maximum absolute atomic E-state index is 13.1. The molecule has 0 aliphatic carbocycles. The lowest BCUT2D eigenvalue weighted by atomic mass is 10.2. The summed E-state index contributed by atoms with van der Waals surface area (Å²) in [4.78, 5) is 11.4. The molecule has 0 saturated heterocycles. The van der Waals surface area contributed by atoms with Crippen LogP contribution < -0.4 is 0 Å². The van der Waals surface area contributed by atoms with Gasteiger partial charge in [-0.25, -0.2) is 13.6 Å². The highest BCUT2D eigenvalue weighted by Crippen LogP contribution is 2.11. The highest BCUT2D eigenvalue weighted by Gasteiger charge is 2.13. The second kappa shape index (κ2) is 6.20. The zero-order chi connectivity index (χ0) is 12.0. The lowest BCUT2D eigenvalue weighted by Gasteiger charge is -2.05. The summed E-state index contributed by atoms with van der Waals surface area (Å²) in [7, 11) is 0. The van der Waals surface area contributed by atoms with E-state index in [1.807, 2.05) is 6.92 Å². The second-order valence-corrected chi connectivity index (χ2v) is 3.47. The molecule has 0 atom stereocenters. The zero-order valence-corrected chi connectivity index (χ0v) is 9.13. The van der Waals surface area contributed by atoms with E-state index in [0.717, 1.165) is 37.5 Å². The van der Waals surface area contributed by atoms with Gasteiger partial charge in [0.1, 0.15) is 11.6 Å². The molecule has 2 nitrogen and oxygen atoms in total. The number of rotatable bonds is 5. The molecule has 0 heterocycles. The molecule has 0 radical (unpaired) electrons. The van der Waals surface area contributed by atoms with E-state index < -0.39 is 17.6 Å². The third-order valence-corrected chi connectivity index (χ3v) is 2.13. The zero-order valence-electron chi connectivity index (χ0n) is 9.13. The van der Waals surface area contributed by atoms with Gasteiger partial charge in [0.25, 0.3) is 0 Å². The van der Waals surface area contributed by atoms with Gasteiger partial charge < -0.3 is 4.74 Å². The number of carbonyl (C=O) groups is 1. The fourth-order valence-electron chi connectivity index (χ4n) is 1.25. The first-order valence-corrected chi connectivity index (χ1v) is 5.27. The summed E-state index contributed by atoms with van der Waals surface area (Å²) < 4.78 is 30.7. The Morgan fingerprint density at radius 2 is 2.06 bits per heavy atom. The van der Waals surface area contributed by atoms with E-state index in [9.17, 15) is 13.6 Å². The Balaban J connectivity index is 2.55. The molecule has 0 amide bonds. The Morgan fingerprint density at radius 1 is 1.31 bits per heavy atom. The molecule has 0 bridgehead atoms. The quantitative estimate of drug-likeness (QED) is 0.571. The predicted octanol–water partition coefficient (Wildman–Crippen LogP) is 3.31. The fourth-order valence-corrected chi connectivity index (χ4v) is 1.25. The lowest BCUT2D eigenvalue weighted by molar-refractivity contribution is 0.0492. The van der Waals surface area contributed by atoms with Crippen LogP contribution in [0.25, 0.3) is 0 Å². The second-order valence-electron chi connectivity index (χ2n) is 3.47. The van der Waals surface area contributed by atoms with Crippen molar-refractivity contribution in [1.29, 1.82) is 0 Å². The van der Waals surface area contributed by atoms with E-state index in [4.69, 9.17) is 4.74 Å². The van der Waals surface area contributed by atoms with Crippen molar-refractivity contribution in [3.63, 3.8) is 0 Å². The summed E-state index contributed by atoms with van der Waals surface area (Å²) >= 11 is 0. The molecule has 0 unspecified atom stereocenters. The summed E-state index contributed by atoms with van der Waals surface area (Å²) in [5.41, 5.74) is -0.350. The molecule has 0 fully saturated rings. The minimum Gasteiger partial charge on any atom is -0.462 e. The van der Waals surface area contributed by atoms with Gasteiger partial charge in [0.2, 0.25) is 0 Å². The van der Waals surface area contributed by atoms with Gasteiger partial charge in [0.05, 0.1) is 12.2 Å². The van der Waals surface area contributed by atoms with Gasteiger partial charge in [-0.1, -0.05) is 19.8 Å². The van der Waals surface area contributed by atoms with Crippen LogP contribution in [0.2, 0.25) is 0 Å². The number of hydrogen-bond acceptors (Lipinski definition) is 2. The van der Waals surface area contributed by atoms with E-state index in [1.165, 1.54) is 0 Å². The van der Waals surface area contributed by atoms with Crippen LogP contribution in [-0.2, 0) is 4.74 Å². The van der Waals surface area contributed by atoms with Crippen LogP contribution in [0.1, 0.15) is 36.5 Å². The maximum Gasteiger partial charge on any atom is 0.341 e. The van der Waals surface area contributed by atoms with Gasteiger partial charge in [-0.3, -0.25) is 0 Å². The van der Waals surface area contributed by atoms with Gasteiger partial charge >= 0.3 is 5.97 Å². The van der Waals surface area contributed by atoms with Crippen molar-refractivity contribution in [2.24, 2.45) is 0 Å². The minimum atomic E-state index is -0.812. The SMILES string of the molecule is CCCCCOC(=O)c1cc(F)ccc1F. The molecule has 0 aliphatic heterocycles. The topological polar surface area (TPSA) is 26.3 Å². The molecule has 0 spiro atoms. The van der Waals surface area contributed by atoms with E-state index in [2.05, 4.69) is 0 Å². The van der Waals surface area contributed by atoms with Gasteiger partial charge in [-0.05, 0) is 24.6 Å². The molecular formula is C12H14F2O2. The predicted molar refractivity (Wildman–Crippen MR) is 56.2 cm³/mol. The Labute approximate surface area is 93.2 Å². The average molecular weight is 228 g/mol. The summed E-state index contributed by atoms with van der Waals surface area (Å²) in [6, 6.07) is 2.72. The van der Waals surface area contributed by atoms with Crippen molar-refractivity contribution in [3.8, 4) is 0 Å². The molecule has 1 rings (SSSR count). The molecule has 1 aromatic rings. The molecule has 88 valence electrons. The third kappa shape index (κ3) is 3.61. The Hall–Kier alpha value is -1.45. The molecular weight excluding hydrogens is 214 g/mol. The van der Waals surface area contributed by atoms with E-state index in [-0.39, 0.29) is 12.2 Å². The van der Waals surface area contributed by atoms with Crippen molar-refractivity contribution in [1.82, 2.24) is 0 Å².